The van der Waals surface area contributed by atoms with Gasteiger partial charge in [-0.05, 0) is 36.1 Å². The second kappa shape index (κ2) is 7.35. The van der Waals surface area contributed by atoms with Crippen LogP contribution in [0, 0.1) is 0 Å². The Morgan fingerprint density at radius 3 is 2.48 bits per heavy atom. The van der Waals surface area contributed by atoms with Crippen LogP contribution in [-0.4, -0.2) is 15.0 Å². The molecular weight excluding hydrogens is 286 g/mol. The Morgan fingerprint density at radius 2 is 1.70 bits per heavy atom. The quantitative estimate of drug-likeness (QED) is 0.732. The second-order valence-electron chi connectivity index (χ2n) is 5.30. The van der Waals surface area contributed by atoms with E-state index in [1.165, 1.54) is 5.56 Å². The summed E-state index contributed by atoms with van der Waals surface area (Å²) in [6.07, 6.45) is 7.17. The maximum absolute atomic E-state index is 5.73. The Balaban J connectivity index is 1.70. The summed E-state index contributed by atoms with van der Waals surface area (Å²) in [6.45, 7) is 0.678. The van der Waals surface area contributed by atoms with Crippen molar-refractivity contribution in [3.8, 4) is 0 Å². The molecule has 0 unspecified atom stereocenters. The van der Waals surface area contributed by atoms with Crippen LogP contribution in [0.4, 0.5) is 11.8 Å². The average Bonchev–Trinajstić information content (AvgIpc) is 2.61. The van der Waals surface area contributed by atoms with E-state index in [1.807, 2.05) is 18.2 Å². The summed E-state index contributed by atoms with van der Waals surface area (Å²) >= 11 is 0. The summed E-state index contributed by atoms with van der Waals surface area (Å²) in [5, 5.41) is 3.35. The molecule has 0 aliphatic rings. The van der Waals surface area contributed by atoms with Gasteiger partial charge in [-0.25, -0.2) is 4.98 Å². The molecule has 0 bridgehead atoms. The van der Waals surface area contributed by atoms with E-state index in [0.29, 0.717) is 6.54 Å². The Kier molecular flexibility index (Phi) is 4.79. The molecule has 2 heterocycles. The maximum Gasteiger partial charge on any atom is 0.221 e. The lowest BCUT2D eigenvalue weighted by atomic mass is 10.1. The molecule has 0 aliphatic heterocycles. The molecule has 0 aliphatic carbocycles. The first kappa shape index (κ1) is 15.0. The van der Waals surface area contributed by atoms with Crippen molar-refractivity contribution in [1.82, 2.24) is 15.0 Å². The summed E-state index contributed by atoms with van der Waals surface area (Å²) in [7, 11) is 0. The van der Waals surface area contributed by atoms with Gasteiger partial charge in [0.15, 0.2) is 0 Å². The number of anilines is 2. The van der Waals surface area contributed by atoms with E-state index in [0.717, 1.165) is 29.8 Å². The summed E-state index contributed by atoms with van der Waals surface area (Å²) in [5.74, 6) is 1.08. The number of benzene rings is 1. The fraction of sp³-hybridized carbons (Fsp3) is 0.167. The molecule has 23 heavy (non-hydrogen) atoms. The van der Waals surface area contributed by atoms with Crippen molar-refractivity contribution in [3.05, 3.63) is 77.7 Å². The highest BCUT2D eigenvalue weighted by molar-refractivity contribution is 5.46. The van der Waals surface area contributed by atoms with E-state index in [4.69, 9.17) is 5.73 Å². The Morgan fingerprint density at radius 1 is 0.913 bits per heavy atom. The number of aryl methyl sites for hydroxylation is 2. The van der Waals surface area contributed by atoms with Gasteiger partial charge >= 0.3 is 0 Å². The highest BCUT2D eigenvalue weighted by atomic mass is 15.1. The van der Waals surface area contributed by atoms with Gasteiger partial charge < -0.3 is 11.1 Å². The zero-order chi connectivity index (χ0) is 15.9. The smallest absolute Gasteiger partial charge is 0.221 e. The third-order valence-corrected chi connectivity index (χ3v) is 3.62. The summed E-state index contributed by atoms with van der Waals surface area (Å²) < 4.78 is 0. The van der Waals surface area contributed by atoms with Crippen LogP contribution in [0.3, 0.4) is 0 Å². The van der Waals surface area contributed by atoms with Crippen molar-refractivity contribution < 1.29 is 0 Å². The number of nitrogen functional groups attached to an aromatic ring is 1. The maximum atomic E-state index is 5.73. The van der Waals surface area contributed by atoms with Crippen LogP contribution in [0.15, 0.2) is 61.1 Å². The van der Waals surface area contributed by atoms with Crippen LogP contribution in [-0.2, 0) is 19.4 Å². The summed E-state index contributed by atoms with van der Waals surface area (Å²) in [6, 6.07) is 14.3. The van der Waals surface area contributed by atoms with Gasteiger partial charge in [-0.2, -0.15) is 4.98 Å². The number of rotatable bonds is 6. The van der Waals surface area contributed by atoms with E-state index < -0.39 is 0 Å². The van der Waals surface area contributed by atoms with E-state index >= 15 is 0 Å². The Labute approximate surface area is 135 Å². The van der Waals surface area contributed by atoms with Gasteiger partial charge in [-0.3, -0.25) is 4.98 Å². The van der Waals surface area contributed by atoms with Crippen molar-refractivity contribution in [2.45, 2.75) is 19.4 Å². The van der Waals surface area contributed by atoms with E-state index in [9.17, 15) is 0 Å². The van der Waals surface area contributed by atoms with Crippen molar-refractivity contribution in [2.75, 3.05) is 11.1 Å². The molecule has 0 spiro atoms. The fourth-order valence-corrected chi connectivity index (χ4v) is 2.37. The fourth-order valence-electron chi connectivity index (χ4n) is 2.37. The molecule has 0 radical (unpaired) electrons. The normalized spacial score (nSPS) is 10.4. The van der Waals surface area contributed by atoms with E-state index in [2.05, 4.69) is 44.5 Å². The van der Waals surface area contributed by atoms with Gasteiger partial charge in [0, 0.05) is 30.7 Å². The van der Waals surface area contributed by atoms with E-state index in [1.54, 1.807) is 18.6 Å². The molecule has 116 valence electrons. The lowest BCUT2D eigenvalue weighted by Crippen LogP contribution is -2.08. The average molecular weight is 305 g/mol. The predicted octanol–water partition coefficient (Wildman–Crippen LogP) is 2.85. The van der Waals surface area contributed by atoms with Crippen molar-refractivity contribution >= 4 is 11.8 Å². The van der Waals surface area contributed by atoms with Gasteiger partial charge in [-0.15, -0.1) is 0 Å². The van der Waals surface area contributed by atoms with Crippen molar-refractivity contribution in [2.24, 2.45) is 0 Å². The third kappa shape index (κ3) is 4.26. The number of hydrogen-bond donors (Lipinski definition) is 2. The molecule has 5 heteroatoms. The molecule has 0 amide bonds. The lowest BCUT2D eigenvalue weighted by molar-refractivity contribution is 0.929. The van der Waals surface area contributed by atoms with Crippen molar-refractivity contribution in [1.29, 1.82) is 0 Å². The molecule has 5 nitrogen and oxygen atoms in total. The number of nitrogens with one attached hydrogen (secondary N) is 1. The number of pyridine rings is 1. The lowest BCUT2D eigenvalue weighted by Gasteiger charge is -2.11. The van der Waals surface area contributed by atoms with Crippen LogP contribution < -0.4 is 11.1 Å². The standard InChI is InChI=1S/C18H19N5/c19-18-22-13-16(7-6-14-4-2-1-3-5-14)17(23-18)21-12-15-8-10-20-11-9-15/h1-5,8-11,13H,6-7,12H2,(H3,19,21,22,23). The Bertz CT molecular complexity index is 744. The largest absolute Gasteiger partial charge is 0.368 e. The Hall–Kier alpha value is -2.95. The first-order chi connectivity index (χ1) is 11.3. The molecule has 0 saturated heterocycles. The second-order valence-corrected chi connectivity index (χ2v) is 5.30. The molecule has 2 aromatic heterocycles. The molecule has 0 fully saturated rings. The minimum Gasteiger partial charge on any atom is -0.368 e. The summed E-state index contributed by atoms with van der Waals surface area (Å²) in [5.41, 5.74) is 9.24. The minimum absolute atomic E-state index is 0.283. The summed E-state index contributed by atoms with van der Waals surface area (Å²) in [4.78, 5) is 12.5. The van der Waals surface area contributed by atoms with E-state index in [-0.39, 0.29) is 5.95 Å². The highest BCUT2D eigenvalue weighted by Gasteiger charge is 2.06. The first-order valence-corrected chi connectivity index (χ1v) is 7.59. The molecule has 3 N–H and O–H groups in total. The van der Waals surface area contributed by atoms with Crippen LogP contribution in [0.25, 0.3) is 0 Å². The number of hydrogen-bond acceptors (Lipinski definition) is 5. The van der Waals surface area contributed by atoms with Gasteiger partial charge in [0.2, 0.25) is 5.95 Å². The van der Waals surface area contributed by atoms with Crippen molar-refractivity contribution in [3.63, 3.8) is 0 Å². The van der Waals surface area contributed by atoms with Crippen LogP contribution in [0.1, 0.15) is 16.7 Å². The number of aromatic nitrogens is 3. The van der Waals surface area contributed by atoms with Gasteiger partial charge in [-0.1, -0.05) is 30.3 Å². The van der Waals surface area contributed by atoms with Gasteiger partial charge in [0.25, 0.3) is 0 Å². The number of nitrogens with two attached hydrogens (primary N) is 1. The number of nitrogens with zero attached hydrogens (tertiary/aromatic N) is 3. The van der Waals surface area contributed by atoms with Crippen LogP contribution in [0.5, 0.6) is 0 Å². The molecular formula is C18H19N5. The minimum atomic E-state index is 0.283. The van der Waals surface area contributed by atoms with Gasteiger partial charge in [0.05, 0.1) is 0 Å². The predicted molar refractivity (Wildman–Crippen MR) is 91.9 cm³/mol. The zero-order valence-corrected chi connectivity index (χ0v) is 12.8. The highest BCUT2D eigenvalue weighted by Crippen LogP contribution is 2.16. The first-order valence-electron chi connectivity index (χ1n) is 7.59. The van der Waals surface area contributed by atoms with Crippen LogP contribution >= 0.6 is 0 Å². The molecule has 3 rings (SSSR count). The molecule has 0 saturated carbocycles. The molecule has 0 atom stereocenters. The topological polar surface area (TPSA) is 76.7 Å². The van der Waals surface area contributed by atoms with Crippen LogP contribution in [0.2, 0.25) is 0 Å². The van der Waals surface area contributed by atoms with Gasteiger partial charge in [0.1, 0.15) is 5.82 Å². The monoisotopic (exact) mass is 305 g/mol. The molecule has 1 aromatic carbocycles. The zero-order valence-electron chi connectivity index (χ0n) is 12.8. The SMILES string of the molecule is Nc1ncc(CCc2ccccc2)c(NCc2ccncc2)n1. The molecule has 3 aromatic rings. The third-order valence-electron chi connectivity index (χ3n) is 3.62.